The summed E-state index contributed by atoms with van der Waals surface area (Å²) in [6.07, 6.45) is -4.25. The summed E-state index contributed by atoms with van der Waals surface area (Å²) in [5.74, 6) is -3.68. The van der Waals surface area contributed by atoms with Crippen LogP contribution in [0.25, 0.3) is 0 Å². The summed E-state index contributed by atoms with van der Waals surface area (Å²) in [5.41, 5.74) is 11.7. The molecule has 2 rings (SSSR count). The number of rotatable bonds is 3. The van der Waals surface area contributed by atoms with Gasteiger partial charge in [-0.3, -0.25) is 4.99 Å². The number of carboxylic acid groups (broad SMARTS) is 2. The fourth-order valence-corrected chi connectivity index (χ4v) is 2.26. The number of nitrogens with two attached hydrogens (primary N) is 2. The van der Waals surface area contributed by atoms with Crippen molar-refractivity contribution in [1.29, 1.82) is 0 Å². The molecule has 0 aliphatic carbocycles. The van der Waals surface area contributed by atoms with Crippen molar-refractivity contribution in [1.82, 2.24) is 0 Å². The lowest BCUT2D eigenvalue weighted by molar-refractivity contribution is -0.193. The summed E-state index contributed by atoms with van der Waals surface area (Å²) in [4.78, 5) is 22.3. The first-order valence-electron chi connectivity index (χ1n) is 8.36. The third-order valence-corrected chi connectivity index (χ3v) is 3.63. The largest absolute Gasteiger partial charge is 0.490 e. The van der Waals surface area contributed by atoms with Gasteiger partial charge in [-0.25, -0.2) is 9.59 Å². The second-order valence-electron chi connectivity index (χ2n) is 5.90. The molecule has 0 saturated heterocycles. The van der Waals surface area contributed by atoms with Crippen LogP contribution < -0.4 is 11.5 Å². The van der Waals surface area contributed by atoms with Gasteiger partial charge in [0.1, 0.15) is 5.76 Å². The van der Waals surface area contributed by atoms with Crippen LogP contribution in [-0.2, 0) is 9.59 Å². The molecule has 0 amide bonds. The number of hydrogen-bond acceptors (Lipinski definition) is 6. The van der Waals surface area contributed by atoms with E-state index in [9.17, 15) is 26.3 Å². The third-order valence-electron chi connectivity index (χ3n) is 3.63. The fraction of sp³-hybridized carbons (Fsp3) is 0.562. The topological polar surface area (TPSA) is 152 Å². The fourth-order valence-electron chi connectivity index (χ4n) is 2.26. The van der Waals surface area contributed by atoms with E-state index in [1.165, 1.54) is 0 Å². The Balaban J connectivity index is 0.000000503. The number of aliphatic imine (C=N–C) groups is 1. The minimum Gasteiger partial charge on any atom is -0.475 e. The lowest BCUT2D eigenvalue weighted by atomic mass is 9.94. The average Bonchev–Trinajstić information content (AvgIpc) is 3.04. The molecule has 2 unspecified atom stereocenters. The lowest BCUT2D eigenvalue weighted by Crippen LogP contribution is -2.26. The molecule has 1 aromatic rings. The molecule has 30 heavy (non-hydrogen) atoms. The highest BCUT2D eigenvalue weighted by atomic mass is 19.4. The number of aliphatic carboxylic acids is 2. The van der Waals surface area contributed by atoms with Crippen LogP contribution in [0.1, 0.15) is 37.4 Å². The zero-order valence-electron chi connectivity index (χ0n) is 15.4. The Morgan fingerprint density at radius 2 is 1.63 bits per heavy atom. The first kappa shape index (κ1) is 27.2. The van der Waals surface area contributed by atoms with Crippen LogP contribution >= 0.6 is 0 Å². The monoisotopic (exact) mass is 449 g/mol. The number of carboxylic acids is 2. The standard InChI is InChI=1S/C12H19N3O.2C2HF3O2/c13-8-9(11-5-3-7-16-11)10-4-1-2-6-12(14)15-10;2*3-2(4,5)1(6)7/h3,5,7,9-10H,1-2,4,6,8,13H2,(H2,14,15);2*(H,6,7). The number of halogens is 6. The number of carbonyl (C=O) groups is 2. The van der Waals surface area contributed by atoms with Crippen molar-refractivity contribution in [3.63, 3.8) is 0 Å². The van der Waals surface area contributed by atoms with Gasteiger partial charge in [0.25, 0.3) is 0 Å². The Kier molecular flexibility index (Phi) is 10.9. The molecule has 172 valence electrons. The van der Waals surface area contributed by atoms with Crippen molar-refractivity contribution >= 4 is 17.8 Å². The predicted molar refractivity (Wildman–Crippen MR) is 91.8 cm³/mol. The van der Waals surface area contributed by atoms with E-state index < -0.39 is 24.3 Å². The summed E-state index contributed by atoms with van der Waals surface area (Å²) in [6.45, 7) is 0.551. The molecule has 0 bridgehead atoms. The molecule has 0 spiro atoms. The van der Waals surface area contributed by atoms with Crippen LogP contribution in [0.2, 0.25) is 0 Å². The number of amidine groups is 1. The zero-order valence-corrected chi connectivity index (χ0v) is 15.4. The number of nitrogens with zero attached hydrogens (tertiary/aromatic N) is 1. The molecule has 0 fully saturated rings. The van der Waals surface area contributed by atoms with Gasteiger partial charge in [-0.2, -0.15) is 26.3 Å². The van der Waals surface area contributed by atoms with Crippen LogP contribution in [0.3, 0.4) is 0 Å². The van der Waals surface area contributed by atoms with E-state index in [1.807, 2.05) is 12.1 Å². The van der Waals surface area contributed by atoms with Gasteiger partial charge in [0, 0.05) is 13.0 Å². The lowest BCUT2D eigenvalue weighted by Gasteiger charge is -2.20. The molecular formula is C16H21F6N3O5. The van der Waals surface area contributed by atoms with Crippen LogP contribution in [0.15, 0.2) is 27.8 Å². The molecule has 1 aliphatic rings. The molecule has 0 radical (unpaired) electrons. The van der Waals surface area contributed by atoms with E-state index in [2.05, 4.69) is 4.99 Å². The number of alkyl halides is 6. The maximum absolute atomic E-state index is 10.6. The van der Waals surface area contributed by atoms with Crippen LogP contribution in [0.4, 0.5) is 26.3 Å². The molecular weight excluding hydrogens is 428 g/mol. The van der Waals surface area contributed by atoms with Gasteiger partial charge in [-0.15, -0.1) is 0 Å². The summed E-state index contributed by atoms with van der Waals surface area (Å²) in [5, 5.41) is 14.2. The SMILES string of the molecule is NCC(c1ccco1)C1CCCCC(N)=N1.O=C(O)C(F)(F)F.O=C(O)C(F)(F)F. The second-order valence-corrected chi connectivity index (χ2v) is 5.90. The Labute approximate surface area is 166 Å². The van der Waals surface area contributed by atoms with E-state index in [1.54, 1.807) is 6.26 Å². The van der Waals surface area contributed by atoms with Crippen molar-refractivity contribution in [2.24, 2.45) is 16.5 Å². The highest BCUT2D eigenvalue weighted by molar-refractivity contribution is 5.80. The predicted octanol–water partition coefficient (Wildman–Crippen LogP) is 2.89. The summed E-state index contributed by atoms with van der Waals surface area (Å²) in [6, 6.07) is 4.04. The second kappa shape index (κ2) is 12.0. The summed E-state index contributed by atoms with van der Waals surface area (Å²) >= 11 is 0. The van der Waals surface area contributed by atoms with E-state index in [0.717, 1.165) is 37.3 Å². The van der Waals surface area contributed by atoms with E-state index >= 15 is 0 Å². The smallest absolute Gasteiger partial charge is 0.475 e. The molecule has 2 heterocycles. The molecule has 8 nitrogen and oxygen atoms in total. The first-order valence-corrected chi connectivity index (χ1v) is 8.36. The molecule has 2 atom stereocenters. The van der Waals surface area contributed by atoms with E-state index in [-0.39, 0.29) is 12.0 Å². The third kappa shape index (κ3) is 10.7. The Bertz CT molecular complexity index is 665. The molecule has 0 aromatic carbocycles. The number of hydrogen-bond donors (Lipinski definition) is 4. The van der Waals surface area contributed by atoms with Gasteiger partial charge < -0.3 is 26.1 Å². The summed E-state index contributed by atoms with van der Waals surface area (Å²) < 4.78 is 68.9. The minimum atomic E-state index is -5.08. The van der Waals surface area contributed by atoms with Crippen LogP contribution in [0.5, 0.6) is 0 Å². The quantitative estimate of drug-likeness (QED) is 0.518. The van der Waals surface area contributed by atoms with Gasteiger partial charge >= 0.3 is 24.3 Å². The highest BCUT2D eigenvalue weighted by Gasteiger charge is 2.38. The molecule has 1 aliphatic heterocycles. The number of furan rings is 1. The van der Waals surface area contributed by atoms with Gasteiger partial charge in [0.15, 0.2) is 0 Å². The molecule has 14 heteroatoms. The van der Waals surface area contributed by atoms with E-state index in [4.69, 9.17) is 35.7 Å². The van der Waals surface area contributed by atoms with Gasteiger partial charge in [-0.1, -0.05) is 6.42 Å². The zero-order chi connectivity index (χ0) is 23.5. The normalized spacial score (nSPS) is 17.8. The van der Waals surface area contributed by atoms with Crippen molar-refractivity contribution < 1.29 is 50.6 Å². The Hall–Kier alpha value is -2.77. The summed E-state index contributed by atoms with van der Waals surface area (Å²) in [7, 11) is 0. The Morgan fingerprint density at radius 1 is 1.13 bits per heavy atom. The Morgan fingerprint density at radius 3 is 2.00 bits per heavy atom. The average molecular weight is 449 g/mol. The van der Waals surface area contributed by atoms with Crippen molar-refractivity contribution in [3.05, 3.63) is 24.2 Å². The van der Waals surface area contributed by atoms with Crippen molar-refractivity contribution in [2.45, 2.75) is 50.0 Å². The first-order chi connectivity index (χ1) is 13.7. The highest BCUT2D eigenvalue weighted by Crippen LogP contribution is 2.27. The van der Waals surface area contributed by atoms with Crippen molar-refractivity contribution in [3.8, 4) is 0 Å². The van der Waals surface area contributed by atoms with Crippen LogP contribution in [-0.4, -0.2) is 52.9 Å². The van der Waals surface area contributed by atoms with Gasteiger partial charge in [0.05, 0.1) is 24.1 Å². The maximum atomic E-state index is 10.6. The minimum absolute atomic E-state index is 0.159. The molecule has 6 N–H and O–H groups in total. The maximum Gasteiger partial charge on any atom is 0.490 e. The van der Waals surface area contributed by atoms with Gasteiger partial charge in [0.2, 0.25) is 0 Å². The molecule has 1 aromatic heterocycles. The van der Waals surface area contributed by atoms with Crippen LogP contribution in [0, 0.1) is 0 Å². The molecule has 0 saturated carbocycles. The van der Waals surface area contributed by atoms with E-state index in [0.29, 0.717) is 6.54 Å². The van der Waals surface area contributed by atoms with Gasteiger partial charge in [-0.05, 0) is 25.0 Å². The van der Waals surface area contributed by atoms with Crippen molar-refractivity contribution in [2.75, 3.05) is 6.54 Å².